The Hall–Kier alpha value is -4.67. The van der Waals surface area contributed by atoms with Gasteiger partial charge in [-0.05, 0) is 86.6 Å². The van der Waals surface area contributed by atoms with E-state index in [1.54, 1.807) is 48.5 Å². The van der Waals surface area contributed by atoms with Crippen molar-refractivity contribution >= 4 is 63.6 Å². The number of fused-ring (bicyclic) bond motifs is 1. The minimum Gasteiger partial charge on any atom is -0.465 e. The number of anilines is 2. The Kier molecular flexibility index (Phi) is 11.3. The lowest BCUT2D eigenvalue weighted by Crippen LogP contribution is -2.30. The van der Waals surface area contributed by atoms with Gasteiger partial charge in [-0.25, -0.2) is 4.79 Å². The average molecular weight is 668 g/mol. The van der Waals surface area contributed by atoms with Crippen molar-refractivity contribution in [3.63, 3.8) is 0 Å². The first-order valence-electron chi connectivity index (χ1n) is 15.5. The molecule has 3 amide bonds. The van der Waals surface area contributed by atoms with Gasteiger partial charge in [-0.15, -0.1) is 23.1 Å². The van der Waals surface area contributed by atoms with Crippen LogP contribution in [0.2, 0.25) is 0 Å². The third-order valence-electron chi connectivity index (χ3n) is 7.71. The van der Waals surface area contributed by atoms with Gasteiger partial charge in [-0.3, -0.25) is 14.4 Å². The Morgan fingerprint density at radius 3 is 2.45 bits per heavy atom. The number of hydrogen-bond acceptors (Lipinski definition) is 7. The summed E-state index contributed by atoms with van der Waals surface area (Å²) in [5, 5.41) is 8.78. The summed E-state index contributed by atoms with van der Waals surface area (Å²) < 4.78 is 5.06. The number of amides is 3. The minimum absolute atomic E-state index is 0.0911. The van der Waals surface area contributed by atoms with E-state index in [2.05, 4.69) is 16.0 Å². The zero-order chi connectivity index (χ0) is 33.3. The van der Waals surface area contributed by atoms with Crippen molar-refractivity contribution in [1.29, 1.82) is 0 Å². The third-order valence-corrected chi connectivity index (χ3v) is 10.3. The van der Waals surface area contributed by atoms with Crippen LogP contribution in [0.15, 0.2) is 89.5 Å². The Balaban J connectivity index is 1.31. The number of esters is 1. The number of nitrogens with one attached hydrogen (secondary N) is 3. The molecule has 242 valence electrons. The number of carbonyl (C=O) groups excluding carboxylic acids is 4. The van der Waals surface area contributed by atoms with Crippen LogP contribution in [-0.2, 0) is 27.2 Å². The second-order valence-electron chi connectivity index (χ2n) is 11.2. The van der Waals surface area contributed by atoms with Crippen LogP contribution in [0.25, 0.3) is 6.08 Å². The average Bonchev–Trinajstić information content (AvgIpc) is 3.44. The van der Waals surface area contributed by atoms with E-state index in [0.717, 1.165) is 52.1 Å². The predicted molar refractivity (Wildman–Crippen MR) is 189 cm³/mol. The van der Waals surface area contributed by atoms with Crippen molar-refractivity contribution in [3.8, 4) is 0 Å². The highest BCUT2D eigenvalue weighted by Crippen LogP contribution is 2.39. The number of hydrogen-bond donors (Lipinski definition) is 3. The number of ether oxygens (including phenoxy) is 1. The van der Waals surface area contributed by atoms with Crippen LogP contribution in [0, 0.1) is 6.92 Å². The molecule has 47 heavy (non-hydrogen) atoms. The fourth-order valence-electron chi connectivity index (χ4n) is 5.37. The topological polar surface area (TPSA) is 114 Å². The van der Waals surface area contributed by atoms with Crippen LogP contribution < -0.4 is 16.0 Å². The van der Waals surface area contributed by atoms with Crippen molar-refractivity contribution in [2.75, 3.05) is 17.7 Å². The van der Waals surface area contributed by atoms with E-state index in [-0.39, 0.29) is 11.6 Å². The standard InChI is InChI=1S/C37H37N3O5S2/c1-4-30(35(43)40-36-32(37(44)45-3)28-18-8-9-19-31(28)47-36)46-27-17-11-16-26(22-27)38-34(42)29(21-24-13-10-12-23(2)20-24)39-33(41)25-14-6-5-7-15-25/h5-7,10-17,20-22,30H,4,8-9,18-19H2,1-3H3,(H,38,42)(H,39,41)(H,40,43)/b29-21+. The second kappa shape index (κ2) is 15.8. The minimum atomic E-state index is -0.486. The molecule has 0 spiro atoms. The van der Waals surface area contributed by atoms with Crippen molar-refractivity contribution in [2.45, 2.75) is 56.1 Å². The van der Waals surface area contributed by atoms with Gasteiger partial charge in [0.15, 0.2) is 0 Å². The zero-order valence-electron chi connectivity index (χ0n) is 26.6. The maximum atomic E-state index is 13.6. The Morgan fingerprint density at radius 2 is 1.70 bits per heavy atom. The molecule has 1 aromatic heterocycles. The smallest absolute Gasteiger partial charge is 0.341 e. The van der Waals surface area contributed by atoms with E-state index < -0.39 is 23.0 Å². The van der Waals surface area contributed by atoms with Gasteiger partial charge < -0.3 is 20.7 Å². The van der Waals surface area contributed by atoms with Crippen molar-refractivity contribution in [2.24, 2.45) is 0 Å². The van der Waals surface area contributed by atoms with Crippen molar-refractivity contribution in [3.05, 3.63) is 117 Å². The number of aryl methyl sites for hydroxylation is 2. The highest BCUT2D eigenvalue weighted by atomic mass is 32.2. The number of thioether (sulfide) groups is 1. The number of carbonyl (C=O) groups is 4. The Morgan fingerprint density at radius 1 is 0.936 bits per heavy atom. The van der Waals surface area contributed by atoms with Gasteiger partial charge in [0.2, 0.25) is 5.91 Å². The molecular formula is C37H37N3O5S2. The van der Waals surface area contributed by atoms with E-state index in [0.29, 0.717) is 28.2 Å². The maximum Gasteiger partial charge on any atom is 0.341 e. The van der Waals surface area contributed by atoms with E-state index in [1.165, 1.54) is 30.2 Å². The maximum absolute atomic E-state index is 13.6. The number of rotatable bonds is 11. The molecule has 1 aliphatic carbocycles. The van der Waals surface area contributed by atoms with Crippen LogP contribution in [0.5, 0.6) is 0 Å². The fraction of sp³-hybridized carbons (Fsp3) is 0.243. The van der Waals surface area contributed by atoms with Gasteiger partial charge in [0, 0.05) is 21.0 Å². The molecule has 0 bridgehead atoms. The van der Waals surface area contributed by atoms with Crippen LogP contribution in [0.3, 0.4) is 0 Å². The van der Waals surface area contributed by atoms with E-state index >= 15 is 0 Å². The summed E-state index contributed by atoms with van der Waals surface area (Å²) in [5.74, 6) is -1.52. The van der Waals surface area contributed by atoms with Crippen molar-refractivity contribution < 1.29 is 23.9 Å². The normalized spacial score (nSPS) is 13.2. The van der Waals surface area contributed by atoms with Gasteiger partial charge in [0.1, 0.15) is 10.7 Å². The molecule has 0 fully saturated rings. The summed E-state index contributed by atoms with van der Waals surface area (Å²) in [7, 11) is 1.36. The molecule has 1 aliphatic rings. The first kappa shape index (κ1) is 33.7. The van der Waals surface area contributed by atoms with E-state index in [1.807, 2.05) is 50.2 Å². The largest absolute Gasteiger partial charge is 0.465 e. The lowest BCUT2D eigenvalue weighted by Gasteiger charge is -2.16. The monoisotopic (exact) mass is 667 g/mol. The Labute approximate surface area is 283 Å². The molecule has 1 heterocycles. The predicted octanol–water partition coefficient (Wildman–Crippen LogP) is 7.64. The van der Waals surface area contributed by atoms with Gasteiger partial charge >= 0.3 is 5.97 Å². The number of benzene rings is 3. The van der Waals surface area contributed by atoms with Crippen LogP contribution in [-0.4, -0.2) is 36.1 Å². The summed E-state index contributed by atoms with van der Waals surface area (Å²) in [6.07, 6.45) is 5.94. The lowest BCUT2D eigenvalue weighted by molar-refractivity contribution is -0.116. The molecule has 3 N–H and O–H groups in total. The summed E-state index contributed by atoms with van der Waals surface area (Å²) >= 11 is 2.83. The van der Waals surface area contributed by atoms with Gasteiger partial charge in [0.05, 0.1) is 17.9 Å². The highest BCUT2D eigenvalue weighted by Gasteiger charge is 2.28. The van der Waals surface area contributed by atoms with Crippen LogP contribution >= 0.6 is 23.1 Å². The van der Waals surface area contributed by atoms with Gasteiger partial charge in [-0.2, -0.15) is 0 Å². The molecule has 3 aromatic carbocycles. The van der Waals surface area contributed by atoms with E-state index in [4.69, 9.17) is 4.74 Å². The fourth-order valence-corrected chi connectivity index (χ4v) is 7.66. The molecule has 1 unspecified atom stereocenters. The van der Waals surface area contributed by atoms with E-state index in [9.17, 15) is 19.2 Å². The zero-order valence-corrected chi connectivity index (χ0v) is 28.2. The molecule has 0 aliphatic heterocycles. The molecule has 0 saturated heterocycles. The van der Waals surface area contributed by atoms with Gasteiger partial charge in [-0.1, -0.05) is 61.0 Å². The molecule has 8 nitrogen and oxygen atoms in total. The molecule has 10 heteroatoms. The first-order valence-corrected chi connectivity index (χ1v) is 17.2. The molecule has 5 rings (SSSR count). The van der Waals surface area contributed by atoms with Crippen molar-refractivity contribution in [1.82, 2.24) is 5.32 Å². The van der Waals surface area contributed by atoms with Crippen LogP contribution in [0.4, 0.5) is 10.7 Å². The SMILES string of the molecule is CCC(Sc1cccc(NC(=O)/C(=C\c2cccc(C)c2)NC(=O)c2ccccc2)c1)C(=O)Nc1sc2c(c1C(=O)OC)CCCC2. The highest BCUT2D eigenvalue weighted by molar-refractivity contribution is 8.00. The summed E-state index contributed by atoms with van der Waals surface area (Å²) in [4.78, 5) is 54.6. The van der Waals surface area contributed by atoms with Gasteiger partial charge in [0.25, 0.3) is 11.8 Å². The number of thiophene rings is 1. The molecule has 0 saturated carbocycles. The summed E-state index contributed by atoms with van der Waals surface area (Å²) in [6.45, 7) is 3.89. The summed E-state index contributed by atoms with van der Waals surface area (Å²) in [5.41, 5.74) is 4.28. The Bertz CT molecular complexity index is 1820. The quantitative estimate of drug-likeness (QED) is 0.0861. The molecule has 1 atom stereocenters. The number of methoxy groups -OCH3 is 1. The lowest BCUT2D eigenvalue weighted by atomic mass is 9.95. The second-order valence-corrected chi connectivity index (χ2v) is 13.6. The first-order chi connectivity index (χ1) is 22.7. The summed E-state index contributed by atoms with van der Waals surface area (Å²) in [6, 6.07) is 23.6. The molecule has 4 aromatic rings. The molecule has 0 radical (unpaired) electrons. The molecular weight excluding hydrogens is 631 g/mol. The van der Waals surface area contributed by atoms with Crippen LogP contribution in [0.1, 0.15) is 68.5 Å². The third kappa shape index (κ3) is 8.58.